The molecular weight excluding hydrogens is 228 g/mol. The topological polar surface area (TPSA) is 35.5 Å². The first-order chi connectivity index (χ1) is 8.20. The highest BCUT2D eigenvalue weighted by molar-refractivity contribution is 5.71. The van der Waals surface area contributed by atoms with E-state index >= 15 is 0 Å². The molecule has 0 spiro atoms. The van der Waals surface area contributed by atoms with Gasteiger partial charge in [0.25, 0.3) is 0 Å². The molecule has 0 amide bonds. The number of hydrogen-bond acceptors (Lipinski definition) is 3. The van der Waals surface area contributed by atoms with Gasteiger partial charge in [-0.1, -0.05) is 40.0 Å². The minimum Gasteiger partial charge on any atom is -0.298 e. The van der Waals surface area contributed by atoms with E-state index in [1.807, 2.05) is 13.8 Å². The Morgan fingerprint density at radius 2 is 1.61 bits per heavy atom. The van der Waals surface area contributed by atoms with Crippen LogP contribution < -0.4 is 0 Å². The lowest BCUT2D eigenvalue weighted by Gasteiger charge is -2.31. The first kappa shape index (κ1) is 15.5. The summed E-state index contributed by atoms with van der Waals surface area (Å²) in [7, 11) is 0. The summed E-state index contributed by atoms with van der Waals surface area (Å²) in [5.74, 6) is -0.138. The molecular formula is C15H28O3. The van der Waals surface area contributed by atoms with E-state index in [-0.39, 0.29) is 17.3 Å². The molecule has 106 valence electrons. The summed E-state index contributed by atoms with van der Waals surface area (Å²) in [6.07, 6.45) is 6.23. The fourth-order valence-corrected chi connectivity index (χ4v) is 2.87. The second-order valence-corrected chi connectivity index (χ2v) is 7.32. The number of hydrogen-bond donors (Lipinski definition) is 0. The Morgan fingerprint density at radius 1 is 1.06 bits per heavy atom. The van der Waals surface area contributed by atoms with Crippen LogP contribution >= 0.6 is 0 Å². The Morgan fingerprint density at radius 3 is 2.11 bits per heavy atom. The monoisotopic (exact) mass is 256 g/mol. The minimum atomic E-state index is -0.428. The largest absolute Gasteiger partial charge is 0.345 e. The van der Waals surface area contributed by atoms with Crippen molar-refractivity contribution in [3.05, 3.63) is 0 Å². The van der Waals surface area contributed by atoms with Crippen LogP contribution in [0, 0.1) is 11.3 Å². The van der Waals surface area contributed by atoms with Gasteiger partial charge in [-0.25, -0.2) is 4.79 Å². The highest BCUT2D eigenvalue weighted by atomic mass is 17.2. The lowest BCUT2D eigenvalue weighted by Crippen LogP contribution is -2.33. The van der Waals surface area contributed by atoms with Crippen molar-refractivity contribution in [2.24, 2.45) is 11.3 Å². The quantitative estimate of drug-likeness (QED) is 0.557. The molecule has 1 aliphatic carbocycles. The maximum Gasteiger partial charge on any atom is 0.345 e. The zero-order valence-electron chi connectivity index (χ0n) is 12.5. The Labute approximate surface area is 111 Å². The molecule has 0 heterocycles. The Hall–Kier alpha value is -0.570. The van der Waals surface area contributed by atoms with E-state index < -0.39 is 5.60 Å². The third-order valence-corrected chi connectivity index (χ3v) is 3.24. The lowest BCUT2D eigenvalue weighted by molar-refractivity contribution is -0.332. The smallest absolute Gasteiger partial charge is 0.298 e. The van der Waals surface area contributed by atoms with Crippen molar-refractivity contribution in [3.8, 4) is 0 Å². The van der Waals surface area contributed by atoms with Crippen molar-refractivity contribution in [1.82, 2.24) is 0 Å². The van der Waals surface area contributed by atoms with Gasteiger partial charge in [-0.05, 0) is 38.5 Å². The molecule has 3 heteroatoms. The van der Waals surface area contributed by atoms with Crippen molar-refractivity contribution in [1.29, 1.82) is 0 Å². The standard InChI is InChI=1S/C15H28O3/c1-14(2,3)11-15(4,5)18-17-13(16)12-9-7-6-8-10-12/h12H,6-11H2,1-5H3. The lowest BCUT2D eigenvalue weighted by atomic mass is 9.84. The summed E-state index contributed by atoms with van der Waals surface area (Å²) in [5.41, 5.74) is -0.274. The SMILES string of the molecule is CC(C)(C)CC(C)(C)OOC(=O)C1CCCCC1. The van der Waals surface area contributed by atoms with Crippen LogP contribution in [0.25, 0.3) is 0 Å². The Balaban J connectivity index is 2.36. The van der Waals surface area contributed by atoms with E-state index in [1.165, 1.54) is 6.42 Å². The van der Waals surface area contributed by atoms with Gasteiger partial charge in [-0.2, -0.15) is 4.89 Å². The molecule has 1 aliphatic rings. The van der Waals surface area contributed by atoms with E-state index in [9.17, 15) is 4.79 Å². The molecule has 0 aromatic heterocycles. The molecule has 3 nitrogen and oxygen atoms in total. The van der Waals surface area contributed by atoms with Crippen LogP contribution in [-0.2, 0) is 14.6 Å². The number of rotatable bonds is 4. The van der Waals surface area contributed by atoms with Crippen LogP contribution in [0.5, 0.6) is 0 Å². The Kier molecular flexibility index (Phi) is 5.20. The molecule has 0 aromatic rings. The fraction of sp³-hybridized carbons (Fsp3) is 0.933. The van der Waals surface area contributed by atoms with Gasteiger partial charge in [0.15, 0.2) is 0 Å². The second-order valence-electron chi connectivity index (χ2n) is 7.32. The van der Waals surface area contributed by atoms with E-state index in [0.29, 0.717) is 0 Å². The highest BCUT2D eigenvalue weighted by Crippen LogP contribution is 2.30. The summed E-state index contributed by atoms with van der Waals surface area (Å²) >= 11 is 0. The first-order valence-electron chi connectivity index (χ1n) is 7.09. The summed E-state index contributed by atoms with van der Waals surface area (Å²) in [5, 5.41) is 0. The average molecular weight is 256 g/mol. The van der Waals surface area contributed by atoms with Crippen molar-refractivity contribution in [3.63, 3.8) is 0 Å². The third-order valence-electron chi connectivity index (χ3n) is 3.24. The molecule has 18 heavy (non-hydrogen) atoms. The molecule has 0 N–H and O–H groups in total. The van der Waals surface area contributed by atoms with Crippen molar-refractivity contribution < 1.29 is 14.6 Å². The third kappa shape index (κ3) is 5.85. The first-order valence-corrected chi connectivity index (χ1v) is 7.09. The average Bonchev–Trinajstić information content (AvgIpc) is 2.24. The van der Waals surface area contributed by atoms with Gasteiger partial charge in [-0.3, -0.25) is 4.89 Å². The van der Waals surface area contributed by atoms with Crippen molar-refractivity contribution in [2.75, 3.05) is 0 Å². The summed E-state index contributed by atoms with van der Waals surface area (Å²) in [6, 6.07) is 0. The molecule has 0 aromatic carbocycles. The van der Waals surface area contributed by atoms with Crippen molar-refractivity contribution in [2.45, 2.75) is 78.7 Å². The van der Waals surface area contributed by atoms with Gasteiger partial charge in [0.2, 0.25) is 0 Å². The van der Waals surface area contributed by atoms with Crippen LogP contribution in [0.4, 0.5) is 0 Å². The van der Waals surface area contributed by atoms with Crippen LogP contribution in [0.1, 0.15) is 73.1 Å². The molecule has 0 unspecified atom stereocenters. The van der Waals surface area contributed by atoms with E-state index in [1.54, 1.807) is 0 Å². The van der Waals surface area contributed by atoms with Crippen molar-refractivity contribution >= 4 is 5.97 Å². The van der Waals surface area contributed by atoms with Crippen LogP contribution in [0.3, 0.4) is 0 Å². The highest BCUT2D eigenvalue weighted by Gasteiger charge is 2.30. The van der Waals surface area contributed by atoms with Gasteiger partial charge in [0.05, 0.1) is 5.92 Å². The molecule has 0 radical (unpaired) electrons. The molecule has 0 bridgehead atoms. The van der Waals surface area contributed by atoms with Crippen LogP contribution in [0.15, 0.2) is 0 Å². The molecule has 1 saturated carbocycles. The maximum absolute atomic E-state index is 11.9. The van der Waals surface area contributed by atoms with E-state index in [4.69, 9.17) is 9.78 Å². The van der Waals surface area contributed by atoms with Gasteiger partial charge in [0, 0.05) is 0 Å². The summed E-state index contributed by atoms with van der Waals surface area (Å²) in [4.78, 5) is 22.3. The number of carbonyl (C=O) groups is 1. The maximum atomic E-state index is 11.9. The van der Waals surface area contributed by atoms with Gasteiger partial charge in [-0.15, -0.1) is 0 Å². The van der Waals surface area contributed by atoms with Gasteiger partial charge < -0.3 is 0 Å². The Bertz CT molecular complexity index is 270. The van der Waals surface area contributed by atoms with Gasteiger partial charge >= 0.3 is 5.97 Å². The van der Waals surface area contributed by atoms with Crippen LogP contribution in [0.2, 0.25) is 0 Å². The number of carbonyl (C=O) groups excluding carboxylic acids is 1. The molecule has 1 rings (SSSR count). The summed E-state index contributed by atoms with van der Waals surface area (Å²) in [6.45, 7) is 10.4. The fourth-order valence-electron chi connectivity index (χ4n) is 2.87. The predicted octanol–water partition coefficient (Wildman–Crippen LogP) is 4.26. The predicted molar refractivity (Wildman–Crippen MR) is 71.9 cm³/mol. The van der Waals surface area contributed by atoms with Crippen LogP contribution in [-0.4, -0.2) is 11.6 Å². The second kappa shape index (κ2) is 6.05. The minimum absolute atomic E-state index is 0.0455. The molecule has 0 saturated heterocycles. The zero-order chi connectivity index (χ0) is 13.8. The van der Waals surface area contributed by atoms with E-state index in [2.05, 4.69) is 20.8 Å². The zero-order valence-corrected chi connectivity index (χ0v) is 12.5. The normalized spacial score (nSPS) is 18.7. The van der Waals surface area contributed by atoms with Gasteiger partial charge in [0.1, 0.15) is 5.60 Å². The molecule has 0 atom stereocenters. The molecule has 1 fully saturated rings. The molecule has 0 aliphatic heterocycles. The summed E-state index contributed by atoms with van der Waals surface area (Å²) < 4.78 is 0. The van der Waals surface area contributed by atoms with E-state index in [0.717, 1.165) is 32.1 Å².